The van der Waals surface area contributed by atoms with Crippen molar-refractivity contribution in [3.8, 4) is 0 Å². The Morgan fingerprint density at radius 2 is 1.95 bits per heavy atom. The monoisotopic (exact) mass is 275 g/mol. The molecule has 2 aromatic rings. The van der Waals surface area contributed by atoms with E-state index < -0.39 is 5.60 Å². The Kier molecular flexibility index (Phi) is 3.35. The van der Waals surface area contributed by atoms with Crippen LogP contribution >= 0.6 is 0 Å². The molecule has 108 valence electrons. The Hall–Kier alpha value is -1.66. The molecule has 1 aliphatic rings. The predicted molar refractivity (Wildman–Crippen MR) is 77.9 cm³/mol. The highest BCUT2D eigenvalue weighted by Gasteiger charge is 2.24. The third-order valence-electron chi connectivity index (χ3n) is 3.59. The average Bonchev–Trinajstić information content (AvgIpc) is 2.86. The fourth-order valence-electron chi connectivity index (χ4n) is 2.75. The van der Waals surface area contributed by atoms with Gasteiger partial charge in [0.1, 0.15) is 5.52 Å². The zero-order valence-corrected chi connectivity index (χ0v) is 12.0. The molecule has 0 amide bonds. The molecule has 0 unspecified atom stereocenters. The summed E-state index contributed by atoms with van der Waals surface area (Å²) in [5.74, 6) is 0.993. The first-order valence-corrected chi connectivity index (χ1v) is 7.01. The van der Waals surface area contributed by atoms with Crippen molar-refractivity contribution in [3.05, 3.63) is 24.7 Å². The molecular weight excluding hydrogens is 254 g/mol. The number of rotatable bonds is 3. The van der Waals surface area contributed by atoms with Crippen LogP contribution in [-0.2, 0) is 0 Å². The van der Waals surface area contributed by atoms with Crippen LogP contribution in [0.15, 0.2) is 24.7 Å². The van der Waals surface area contributed by atoms with Crippen molar-refractivity contribution in [1.29, 1.82) is 0 Å². The van der Waals surface area contributed by atoms with E-state index >= 15 is 0 Å². The summed E-state index contributed by atoms with van der Waals surface area (Å²) in [7, 11) is 0. The first-order chi connectivity index (χ1) is 9.53. The highest BCUT2D eigenvalue weighted by Crippen LogP contribution is 2.20. The zero-order valence-electron chi connectivity index (χ0n) is 12.0. The SMILES string of the molecule is CC(C)(O)CN1CCN(c2nccn3nccc23)CC1. The molecule has 6 heteroatoms. The van der Waals surface area contributed by atoms with Crippen LogP contribution in [0, 0.1) is 0 Å². The molecule has 2 aromatic heterocycles. The number of fused-ring (bicyclic) bond motifs is 1. The highest BCUT2D eigenvalue weighted by atomic mass is 16.3. The van der Waals surface area contributed by atoms with E-state index in [0.717, 1.165) is 37.5 Å². The van der Waals surface area contributed by atoms with Gasteiger partial charge >= 0.3 is 0 Å². The predicted octanol–water partition coefficient (Wildman–Crippen LogP) is 0.622. The lowest BCUT2D eigenvalue weighted by Crippen LogP contribution is -2.50. The lowest BCUT2D eigenvalue weighted by atomic mass is 10.1. The van der Waals surface area contributed by atoms with Gasteiger partial charge in [0.25, 0.3) is 0 Å². The van der Waals surface area contributed by atoms with Gasteiger partial charge < -0.3 is 10.0 Å². The van der Waals surface area contributed by atoms with Gasteiger partial charge in [-0.25, -0.2) is 9.50 Å². The lowest BCUT2D eigenvalue weighted by molar-refractivity contribution is 0.0345. The van der Waals surface area contributed by atoms with Crippen LogP contribution < -0.4 is 4.90 Å². The first-order valence-electron chi connectivity index (χ1n) is 7.01. The molecule has 1 saturated heterocycles. The lowest BCUT2D eigenvalue weighted by Gasteiger charge is -2.37. The van der Waals surface area contributed by atoms with E-state index in [9.17, 15) is 5.11 Å². The molecule has 3 heterocycles. The van der Waals surface area contributed by atoms with Gasteiger partial charge in [-0.15, -0.1) is 0 Å². The topological polar surface area (TPSA) is 56.9 Å². The van der Waals surface area contributed by atoms with Crippen molar-refractivity contribution >= 4 is 11.3 Å². The number of aliphatic hydroxyl groups is 1. The van der Waals surface area contributed by atoms with E-state index in [2.05, 4.69) is 19.9 Å². The summed E-state index contributed by atoms with van der Waals surface area (Å²) in [6.07, 6.45) is 5.45. The average molecular weight is 275 g/mol. The molecule has 6 nitrogen and oxygen atoms in total. The Balaban J connectivity index is 1.71. The van der Waals surface area contributed by atoms with Crippen molar-refractivity contribution in [3.63, 3.8) is 0 Å². The second kappa shape index (κ2) is 5.03. The molecule has 0 spiro atoms. The van der Waals surface area contributed by atoms with E-state index in [-0.39, 0.29) is 0 Å². The van der Waals surface area contributed by atoms with Crippen LogP contribution in [0.1, 0.15) is 13.8 Å². The fraction of sp³-hybridized carbons (Fsp3) is 0.571. The van der Waals surface area contributed by atoms with Crippen LogP contribution in [0.3, 0.4) is 0 Å². The molecule has 0 aliphatic carbocycles. The number of anilines is 1. The number of nitrogens with zero attached hydrogens (tertiary/aromatic N) is 5. The third kappa shape index (κ3) is 2.76. The van der Waals surface area contributed by atoms with Crippen molar-refractivity contribution in [2.45, 2.75) is 19.4 Å². The molecule has 0 saturated carbocycles. The van der Waals surface area contributed by atoms with Gasteiger partial charge in [-0.3, -0.25) is 4.90 Å². The van der Waals surface area contributed by atoms with Gasteiger partial charge in [0.05, 0.1) is 11.8 Å². The van der Waals surface area contributed by atoms with E-state index in [4.69, 9.17) is 0 Å². The maximum atomic E-state index is 9.89. The van der Waals surface area contributed by atoms with Gasteiger partial charge in [-0.1, -0.05) is 0 Å². The molecule has 20 heavy (non-hydrogen) atoms. The molecule has 0 aromatic carbocycles. The van der Waals surface area contributed by atoms with E-state index in [1.54, 1.807) is 12.4 Å². The third-order valence-corrected chi connectivity index (χ3v) is 3.59. The molecule has 0 radical (unpaired) electrons. The Morgan fingerprint density at radius 1 is 1.20 bits per heavy atom. The van der Waals surface area contributed by atoms with Crippen LogP contribution in [-0.4, -0.2) is 62.9 Å². The van der Waals surface area contributed by atoms with Crippen LogP contribution in [0.4, 0.5) is 5.82 Å². The molecule has 1 N–H and O–H groups in total. The minimum Gasteiger partial charge on any atom is -0.389 e. The summed E-state index contributed by atoms with van der Waals surface area (Å²) in [5.41, 5.74) is 0.412. The number of aromatic nitrogens is 3. The number of hydrogen-bond acceptors (Lipinski definition) is 5. The minimum absolute atomic E-state index is 0.633. The maximum Gasteiger partial charge on any atom is 0.154 e. The van der Waals surface area contributed by atoms with E-state index in [1.807, 2.05) is 30.6 Å². The molecule has 1 fully saturated rings. The van der Waals surface area contributed by atoms with Gasteiger partial charge in [0.2, 0.25) is 0 Å². The summed E-state index contributed by atoms with van der Waals surface area (Å²) < 4.78 is 1.85. The Bertz CT molecular complexity index is 581. The second-order valence-electron chi connectivity index (χ2n) is 5.99. The van der Waals surface area contributed by atoms with Crippen LogP contribution in [0.2, 0.25) is 0 Å². The maximum absolute atomic E-state index is 9.89. The molecule has 0 bridgehead atoms. The summed E-state index contributed by atoms with van der Waals surface area (Å²) in [5, 5.41) is 14.1. The smallest absolute Gasteiger partial charge is 0.154 e. The standard InChI is InChI=1S/C14H21N5O/c1-14(2,20)11-17-7-9-18(10-8-17)13-12-3-4-16-19(12)6-5-15-13/h3-6,20H,7-11H2,1-2H3. The normalized spacial score (nSPS) is 17.9. The first kappa shape index (κ1) is 13.3. The molecule has 0 atom stereocenters. The Morgan fingerprint density at radius 3 is 2.65 bits per heavy atom. The van der Waals surface area contributed by atoms with E-state index in [0.29, 0.717) is 6.54 Å². The van der Waals surface area contributed by atoms with Crippen LogP contribution in [0.5, 0.6) is 0 Å². The van der Waals surface area contributed by atoms with Crippen LogP contribution in [0.25, 0.3) is 5.52 Å². The number of β-amino-alcohol motifs (C(OH)–C–C–N with tert-alkyl or cyclic N) is 1. The summed E-state index contributed by atoms with van der Waals surface area (Å²) >= 11 is 0. The summed E-state index contributed by atoms with van der Waals surface area (Å²) in [6.45, 7) is 8.16. The Labute approximate surface area is 118 Å². The second-order valence-corrected chi connectivity index (χ2v) is 5.99. The number of hydrogen-bond donors (Lipinski definition) is 1. The van der Waals surface area contributed by atoms with E-state index in [1.165, 1.54) is 0 Å². The molecule has 3 rings (SSSR count). The van der Waals surface area contributed by atoms with Gasteiger partial charge in [0, 0.05) is 45.1 Å². The van der Waals surface area contributed by atoms with Crippen molar-refractivity contribution < 1.29 is 5.11 Å². The van der Waals surface area contributed by atoms with Crippen molar-refractivity contribution in [1.82, 2.24) is 19.5 Å². The summed E-state index contributed by atoms with van der Waals surface area (Å²) in [4.78, 5) is 9.09. The van der Waals surface area contributed by atoms with Gasteiger partial charge in [-0.05, 0) is 19.9 Å². The minimum atomic E-state index is -0.633. The molecular formula is C14H21N5O. The largest absolute Gasteiger partial charge is 0.389 e. The highest BCUT2D eigenvalue weighted by molar-refractivity contribution is 5.68. The van der Waals surface area contributed by atoms with Gasteiger partial charge in [0.15, 0.2) is 5.82 Å². The summed E-state index contributed by atoms with van der Waals surface area (Å²) in [6, 6.07) is 1.99. The van der Waals surface area contributed by atoms with Crippen molar-refractivity contribution in [2.75, 3.05) is 37.6 Å². The zero-order chi connectivity index (χ0) is 14.2. The molecule has 1 aliphatic heterocycles. The fourth-order valence-corrected chi connectivity index (χ4v) is 2.75. The number of piperazine rings is 1. The van der Waals surface area contributed by atoms with Gasteiger partial charge in [-0.2, -0.15) is 5.10 Å². The van der Waals surface area contributed by atoms with Crippen molar-refractivity contribution in [2.24, 2.45) is 0 Å². The quantitative estimate of drug-likeness (QED) is 0.890.